The number of hydrogen-bond acceptors (Lipinski definition) is 3. The van der Waals surface area contributed by atoms with Gasteiger partial charge in [0.15, 0.2) is 0 Å². The predicted molar refractivity (Wildman–Crippen MR) is 105 cm³/mol. The number of allylic oxidation sites excluding steroid dienone is 3. The van der Waals surface area contributed by atoms with E-state index in [0.717, 1.165) is 40.3 Å². The van der Waals surface area contributed by atoms with Crippen LogP contribution in [0, 0.1) is 5.82 Å². The standard InChI is InChI=1S/C21H22FNO2S/c22-16-9-12-20(23-17-4-1-2-5-17)19(14-16)15-7-10-18(11-8-15)26-13-3-6-21(24)25/h7,9-10,12,14,17,23H,1-6,13H2,(H,24,25). The monoisotopic (exact) mass is 371 g/mol. The van der Waals surface area contributed by atoms with Crippen molar-refractivity contribution in [2.45, 2.75) is 44.6 Å². The molecular formula is C21H22FNO2S. The second-order valence-electron chi connectivity index (χ2n) is 6.52. The second kappa shape index (κ2) is 8.95. The van der Waals surface area contributed by atoms with Gasteiger partial charge in [-0.1, -0.05) is 24.3 Å². The number of rotatable bonds is 8. The van der Waals surface area contributed by atoms with Gasteiger partial charge in [0.25, 0.3) is 0 Å². The molecule has 1 aromatic rings. The molecule has 0 aliphatic heterocycles. The van der Waals surface area contributed by atoms with Crippen molar-refractivity contribution in [1.82, 2.24) is 0 Å². The van der Waals surface area contributed by atoms with Gasteiger partial charge in [0.05, 0.1) is 4.91 Å². The molecule has 2 aliphatic rings. The summed E-state index contributed by atoms with van der Waals surface area (Å²) >= 11 is 1.56. The van der Waals surface area contributed by atoms with Crippen molar-refractivity contribution in [3.8, 4) is 0 Å². The maximum atomic E-state index is 13.8. The average molecular weight is 371 g/mol. The van der Waals surface area contributed by atoms with Crippen LogP contribution in [0.2, 0.25) is 0 Å². The van der Waals surface area contributed by atoms with Gasteiger partial charge >= 0.3 is 5.97 Å². The summed E-state index contributed by atoms with van der Waals surface area (Å²) in [6.45, 7) is 0. The fourth-order valence-corrected chi connectivity index (χ4v) is 3.97. The van der Waals surface area contributed by atoms with Gasteiger partial charge in [0.2, 0.25) is 0 Å². The number of hydrogen-bond donors (Lipinski definition) is 2. The van der Waals surface area contributed by atoms with E-state index in [4.69, 9.17) is 5.11 Å². The first-order chi connectivity index (χ1) is 12.6. The maximum Gasteiger partial charge on any atom is 0.303 e. The molecule has 3 rings (SSSR count). The van der Waals surface area contributed by atoms with Gasteiger partial charge in [-0.25, -0.2) is 4.39 Å². The molecule has 0 spiro atoms. The normalized spacial score (nSPS) is 16.5. The van der Waals surface area contributed by atoms with Crippen LogP contribution >= 0.6 is 11.8 Å². The Labute approximate surface area is 157 Å². The zero-order valence-corrected chi connectivity index (χ0v) is 15.4. The van der Waals surface area contributed by atoms with Crippen LogP contribution in [0.4, 0.5) is 10.1 Å². The molecule has 0 atom stereocenters. The lowest BCUT2D eigenvalue weighted by Gasteiger charge is -2.17. The van der Waals surface area contributed by atoms with E-state index in [9.17, 15) is 9.18 Å². The number of carbonyl (C=O) groups is 1. The van der Waals surface area contributed by atoms with Gasteiger partial charge in [-0.2, -0.15) is 0 Å². The third kappa shape index (κ3) is 5.15. The second-order valence-corrected chi connectivity index (χ2v) is 7.66. The largest absolute Gasteiger partial charge is 0.481 e. The van der Waals surface area contributed by atoms with Crippen molar-refractivity contribution in [2.75, 3.05) is 11.1 Å². The Morgan fingerprint density at radius 1 is 1.27 bits per heavy atom. The molecule has 2 N–H and O–H groups in total. The van der Waals surface area contributed by atoms with Crippen molar-refractivity contribution in [3.63, 3.8) is 0 Å². The minimum Gasteiger partial charge on any atom is -0.481 e. The summed E-state index contributed by atoms with van der Waals surface area (Å²) in [4.78, 5) is 11.5. The van der Waals surface area contributed by atoms with Crippen molar-refractivity contribution in [3.05, 3.63) is 58.1 Å². The molecule has 0 bridgehead atoms. The highest BCUT2D eigenvalue weighted by Crippen LogP contribution is 2.31. The number of carboxylic acid groups (broad SMARTS) is 1. The molecular weight excluding hydrogens is 349 g/mol. The van der Waals surface area contributed by atoms with Crippen LogP contribution in [0.3, 0.4) is 0 Å². The molecule has 1 saturated carbocycles. The third-order valence-electron chi connectivity index (χ3n) is 4.50. The molecule has 0 radical (unpaired) electrons. The lowest BCUT2D eigenvalue weighted by atomic mass is 10.0. The third-order valence-corrected chi connectivity index (χ3v) is 5.54. The number of carboxylic acids is 1. The van der Waals surface area contributed by atoms with Crippen LogP contribution in [0.5, 0.6) is 0 Å². The summed E-state index contributed by atoms with van der Waals surface area (Å²) in [5.74, 6) is -0.313. The van der Waals surface area contributed by atoms with Gasteiger partial charge in [0, 0.05) is 29.3 Å². The minimum absolute atomic E-state index is 0.175. The molecule has 136 valence electrons. The molecule has 3 nitrogen and oxygen atoms in total. The number of anilines is 1. The topological polar surface area (TPSA) is 49.3 Å². The summed E-state index contributed by atoms with van der Waals surface area (Å²) in [5.41, 5.74) is 8.77. The minimum atomic E-state index is -0.773. The zero-order valence-electron chi connectivity index (χ0n) is 14.6. The Morgan fingerprint density at radius 2 is 2.08 bits per heavy atom. The first-order valence-corrected chi connectivity index (χ1v) is 9.95. The summed E-state index contributed by atoms with van der Waals surface area (Å²) < 4.78 is 13.8. The summed E-state index contributed by atoms with van der Waals surface area (Å²) in [5, 5.41) is 12.2. The first kappa shape index (κ1) is 18.6. The summed E-state index contributed by atoms with van der Waals surface area (Å²) in [6.07, 6.45) is 9.43. The Kier molecular flexibility index (Phi) is 6.40. The van der Waals surface area contributed by atoms with Crippen molar-refractivity contribution >= 4 is 29.0 Å². The molecule has 2 aliphatic carbocycles. The smallest absolute Gasteiger partial charge is 0.303 e. The summed E-state index contributed by atoms with van der Waals surface area (Å²) in [7, 11) is 0. The SMILES string of the molecule is O=C(O)CCCSC1=C=C=C(c2cc(F)ccc2NC2CCCC2)C=C1. The van der Waals surface area contributed by atoms with Crippen LogP contribution in [-0.2, 0) is 4.79 Å². The summed E-state index contributed by atoms with van der Waals surface area (Å²) in [6, 6.07) is 5.27. The van der Waals surface area contributed by atoms with E-state index in [1.165, 1.54) is 25.0 Å². The Morgan fingerprint density at radius 3 is 2.77 bits per heavy atom. The number of nitrogens with one attached hydrogen (secondary N) is 1. The van der Waals surface area contributed by atoms with E-state index in [2.05, 4.69) is 16.8 Å². The number of halogens is 1. The van der Waals surface area contributed by atoms with Crippen LogP contribution in [0.1, 0.15) is 44.1 Å². The van der Waals surface area contributed by atoms with Crippen LogP contribution in [0.15, 0.2) is 46.7 Å². The molecule has 0 unspecified atom stereocenters. The average Bonchev–Trinajstić information content (AvgIpc) is 3.14. The molecule has 0 heterocycles. The highest BCUT2D eigenvalue weighted by atomic mass is 32.2. The molecule has 26 heavy (non-hydrogen) atoms. The van der Waals surface area contributed by atoms with Crippen molar-refractivity contribution in [1.29, 1.82) is 0 Å². The van der Waals surface area contributed by atoms with Gasteiger partial charge in [-0.05, 0) is 55.4 Å². The van der Waals surface area contributed by atoms with Crippen LogP contribution in [0.25, 0.3) is 5.57 Å². The van der Waals surface area contributed by atoms with E-state index in [1.54, 1.807) is 17.8 Å². The van der Waals surface area contributed by atoms with Crippen LogP contribution in [-0.4, -0.2) is 22.9 Å². The quantitative estimate of drug-likeness (QED) is 0.476. The first-order valence-electron chi connectivity index (χ1n) is 8.97. The van der Waals surface area contributed by atoms with Gasteiger partial charge in [-0.3, -0.25) is 4.79 Å². The van der Waals surface area contributed by atoms with E-state index >= 15 is 0 Å². The van der Waals surface area contributed by atoms with Crippen LogP contribution < -0.4 is 5.32 Å². The van der Waals surface area contributed by atoms with E-state index < -0.39 is 5.97 Å². The molecule has 1 aromatic carbocycles. The number of aliphatic carboxylic acids is 1. The predicted octanol–water partition coefficient (Wildman–Crippen LogP) is 5.37. The molecule has 1 fully saturated rings. The Hall–Kier alpha value is -2.19. The maximum absolute atomic E-state index is 13.8. The fourth-order valence-electron chi connectivity index (χ4n) is 3.17. The molecule has 0 amide bonds. The Balaban J connectivity index is 1.75. The van der Waals surface area contributed by atoms with Crippen molar-refractivity contribution in [2.24, 2.45) is 0 Å². The molecule has 5 heteroatoms. The van der Waals surface area contributed by atoms with E-state index in [1.807, 2.05) is 12.2 Å². The zero-order chi connectivity index (χ0) is 18.4. The number of thioether (sulfide) groups is 1. The van der Waals surface area contributed by atoms with E-state index in [-0.39, 0.29) is 12.2 Å². The lowest BCUT2D eigenvalue weighted by molar-refractivity contribution is -0.137. The van der Waals surface area contributed by atoms with Gasteiger partial charge in [-0.15, -0.1) is 11.8 Å². The molecule has 0 aromatic heterocycles. The highest BCUT2D eigenvalue weighted by molar-refractivity contribution is 8.03. The van der Waals surface area contributed by atoms with Gasteiger partial charge < -0.3 is 10.4 Å². The fraction of sp³-hybridized carbons (Fsp3) is 0.381. The highest BCUT2D eigenvalue weighted by Gasteiger charge is 2.17. The van der Waals surface area contributed by atoms with E-state index in [0.29, 0.717) is 12.5 Å². The van der Waals surface area contributed by atoms with Gasteiger partial charge in [0.1, 0.15) is 5.82 Å². The lowest BCUT2D eigenvalue weighted by Crippen LogP contribution is -2.15. The van der Waals surface area contributed by atoms with Crippen molar-refractivity contribution < 1.29 is 14.3 Å². The molecule has 0 saturated heterocycles. The Bertz CT molecular complexity index is 811. The number of benzene rings is 1.